The van der Waals surface area contributed by atoms with Crippen molar-refractivity contribution >= 4 is 17.6 Å². The van der Waals surface area contributed by atoms with Gasteiger partial charge in [0.1, 0.15) is 18.9 Å². The van der Waals surface area contributed by atoms with Crippen molar-refractivity contribution < 1.29 is 23.8 Å². The highest BCUT2D eigenvalue weighted by molar-refractivity contribution is 5.95. The first-order chi connectivity index (χ1) is 14.3. The van der Waals surface area contributed by atoms with Gasteiger partial charge in [-0.2, -0.15) is 0 Å². The number of carbonyl (C=O) groups excluding carboxylic acids is 2. The lowest BCUT2D eigenvalue weighted by Crippen LogP contribution is -2.42. The van der Waals surface area contributed by atoms with Crippen LogP contribution in [0.3, 0.4) is 0 Å². The van der Waals surface area contributed by atoms with Crippen LogP contribution in [-0.4, -0.2) is 50.4 Å². The maximum atomic E-state index is 12.3. The number of amides is 3. The van der Waals surface area contributed by atoms with E-state index in [1.54, 1.807) is 25.2 Å². The summed E-state index contributed by atoms with van der Waals surface area (Å²) in [5.41, 5.74) is 3.92. The molecule has 160 valence electrons. The molecule has 0 fully saturated rings. The number of aryl methyl sites for hydroxylation is 3. The molecule has 0 aromatic heterocycles. The lowest BCUT2D eigenvalue weighted by Gasteiger charge is -2.19. The molecule has 2 N–H and O–H groups in total. The molecule has 0 unspecified atom stereocenters. The summed E-state index contributed by atoms with van der Waals surface area (Å²) in [6.45, 7) is 6.65. The molecule has 1 aliphatic rings. The van der Waals surface area contributed by atoms with Crippen molar-refractivity contribution in [1.29, 1.82) is 0 Å². The van der Waals surface area contributed by atoms with Gasteiger partial charge in [-0.25, -0.2) is 4.79 Å². The SMILES string of the molecule is Cc1cc(C)c(NC(=O)CN(C)C(=O)NCCOc2ccc3c(c2)OCO3)c(C)c1. The quantitative estimate of drug-likeness (QED) is 0.681. The molecule has 1 aliphatic heterocycles. The van der Waals surface area contributed by atoms with Crippen molar-refractivity contribution in [1.82, 2.24) is 10.2 Å². The molecule has 2 aromatic carbocycles. The molecule has 3 amide bonds. The number of nitrogens with zero attached hydrogens (tertiary/aromatic N) is 1. The minimum Gasteiger partial charge on any atom is -0.492 e. The summed E-state index contributed by atoms with van der Waals surface area (Å²) in [6, 6.07) is 8.98. The average molecular weight is 413 g/mol. The fraction of sp³-hybridized carbons (Fsp3) is 0.364. The van der Waals surface area contributed by atoms with Crippen LogP contribution in [0.2, 0.25) is 0 Å². The normalized spacial score (nSPS) is 11.7. The molecule has 0 aliphatic carbocycles. The van der Waals surface area contributed by atoms with Gasteiger partial charge in [-0.3, -0.25) is 4.79 Å². The number of rotatable bonds is 7. The topological polar surface area (TPSA) is 89.1 Å². The Morgan fingerprint density at radius 2 is 1.77 bits per heavy atom. The van der Waals surface area contributed by atoms with Gasteiger partial charge < -0.3 is 29.7 Å². The summed E-state index contributed by atoms with van der Waals surface area (Å²) < 4.78 is 16.2. The largest absolute Gasteiger partial charge is 0.492 e. The first-order valence-corrected chi connectivity index (χ1v) is 9.72. The molecule has 8 nitrogen and oxygen atoms in total. The van der Waals surface area contributed by atoms with Crippen molar-refractivity contribution in [2.45, 2.75) is 20.8 Å². The molecule has 0 spiro atoms. The molecular formula is C22H27N3O5. The second-order valence-electron chi connectivity index (χ2n) is 7.27. The third-order valence-electron chi connectivity index (χ3n) is 4.66. The molecule has 0 radical (unpaired) electrons. The Morgan fingerprint density at radius 1 is 1.07 bits per heavy atom. The van der Waals surface area contributed by atoms with Crippen molar-refractivity contribution in [2.24, 2.45) is 0 Å². The average Bonchev–Trinajstić information content (AvgIpc) is 3.15. The van der Waals surface area contributed by atoms with E-state index in [1.165, 1.54) is 4.90 Å². The molecule has 0 bridgehead atoms. The maximum Gasteiger partial charge on any atom is 0.317 e. The van der Waals surface area contributed by atoms with Crippen LogP contribution in [0.15, 0.2) is 30.3 Å². The number of nitrogens with one attached hydrogen (secondary N) is 2. The second kappa shape index (κ2) is 9.39. The molecule has 0 saturated heterocycles. The third kappa shape index (κ3) is 5.34. The van der Waals surface area contributed by atoms with E-state index < -0.39 is 0 Å². The fourth-order valence-electron chi connectivity index (χ4n) is 3.27. The molecule has 2 aromatic rings. The Labute approximate surface area is 176 Å². The number of benzene rings is 2. The van der Waals surface area contributed by atoms with Crippen molar-refractivity contribution in [3.63, 3.8) is 0 Å². The monoisotopic (exact) mass is 413 g/mol. The Balaban J connectivity index is 1.40. The third-order valence-corrected chi connectivity index (χ3v) is 4.66. The highest BCUT2D eigenvalue weighted by atomic mass is 16.7. The van der Waals surface area contributed by atoms with Crippen LogP contribution in [0.25, 0.3) is 0 Å². The summed E-state index contributed by atoms with van der Waals surface area (Å²) >= 11 is 0. The maximum absolute atomic E-state index is 12.3. The summed E-state index contributed by atoms with van der Waals surface area (Å²) in [5.74, 6) is 1.71. The van der Waals surface area contributed by atoms with Gasteiger partial charge in [0.15, 0.2) is 11.5 Å². The van der Waals surface area contributed by atoms with Crippen LogP contribution >= 0.6 is 0 Å². The Morgan fingerprint density at radius 3 is 2.50 bits per heavy atom. The van der Waals surface area contributed by atoms with Gasteiger partial charge in [0.05, 0.1) is 6.54 Å². The molecule has 3 rings (SSSR count). The zero-order chi connectivity index (χ0) is 21.7. The zero-order valence-corrected chi connectivity index (χ0v) is 17.7. The van der Waals surface area contributed by atoms with Crippen LogP contribution in [0.5, 0.6) is 17.2 Å². The Bertz CT molecular complexity index is 921. The molecule has 30 heavy (non-hydrogen) atoms. The van der Waals surface area contributed by atoms with Gasteiger partial charge in [-0.15, -0.1) is 0 Å². The van der Waals surface area contributed by atoms with Crippen LogP contribution in [0, 0.1) is 20.8 Å². The smallest absolute Gasteiger partial charge is 0.317 e. The van der Waals surface area contributed by atoms with Gasteiger partial charge in [-0.05, 0) is 44.0 Å². The minimum atomic E-state index is -0.350. The zero-order valence-electron chi connectivity index (χ0n) is 17.7. The van der Waals surface area contributed by atoms with E-state index in [0.717, 1.165) is 22.4 Å². The standard InChI is InChI=1S/C22H27N3O5/c1-14-9-15(2)21(16(3)10-14)24-20(26)12-25(4)22(27)23-7-8-28-17-5-6-18-19(11-17)30-13-29-18/h5-6,9-11H,7-8,12-13H2,1-4H3,(H,23,27)(H,24,26). The Kier molecular flexibility index (Phi) is 6.66. The Hall–Kier alpha value is -3.42. The predicted molar refractivity (Wildman–Crippen MR) is 113 cm³/mol. The number of carbonyl (C=O) groups is 2. The van der Waals surface area contributed by atoms with Gasteiger partial charge in [-0.1, -0.05) is 17.7 Å². The van der Waals surface area contributed by atoms with E-state index in [0.29, 0.717) is 23.8 Å². The fourth-order valence-corrected chi connectivity index (χ4v) is 3.27. The van der Waals surface area contributed by atoms with Crippen molar-refractivity contribution in [3.05, 3.63) is 47.0 Å². The number of anilines is 1. The van der Waals surface area contributed by atoms with E-state index in [4.69, 9.17) is 14.2 Å². The van der Waals surface area contributed by atoms with E-state index >= 15 is 0 Å². The van der Waals surface area contributed by atoms with E-state index in [2.05, 4.69) is 10.6 Å². The summed E-state index contributed by atoms with van der Waals surface area (Å²) in [5, 5.41) is 5.62. The lowest BCUT2D eigenvalue weighted by molar-refractivity contribution is -0.116. The summed E-state index contributed by atoms with van der Waals surface area (Å²) in [6.07, 6.45) is 0. The van der Waals surface area contributed by atoms with Crippen LogP contribution in [-0.2, 0) is 4.79 Å². The molecular weight excluding hydrogens is 386 g/mol. The minimum absolute atomic E-state index is 0.0540. The predicted octanol–water partition coefficient (Wildman–Crippen LogP) is 3.00. The highest BCUT2D eigenvalue weighted by Crippen LogP contribution is 2.35. The molecule has 0 saturated carbocycles. The van der Waals surface area contributed by atoms with E-state index in [9.17, 15) is 9.59 Å². The van der Waals surface area contributed by atoms with Gasteiger partial charge in [0, 0.05) is 18.8 Å². The van der Waals surface area contributed by atoms with Gasteiger partial charge in [0.25, 0.3) is 0 Å². The lowest BCUT2D eigenvalue weighted by atomic mass is 10.1. The number of likely N-dealkylation sites (N-methyl/N-ethyl adjacent to an activating group) is 1. The van der Waals surface area contributed by atoms with E-state index in [1.807, 2.05) is 32.9 Å². The first kappa shape index (κ1) is 21.3. The highest BCUT2D eigenvalue weighted by Gasteiger charge is 2.15. The summed E-state index contributed by atoms with van der Waals surface area (Å²) in [7, 11) is 1.57. The van der Waals surface area contributed by atoms with Crippen molar-refractivity contribution in [2.75, 3.05) is 38.9 Å². The van der Waals surface area contributed by atoms with Crippen LogP contribution in [0.4, 0.5) is 10.5 Å². The molecule has 8 heteroatoms. The first-order valence-electron chi connectivity index (χ1n) is 9.72. The number of fused-ring (bicyclic) bond motifs is 1. The number of hydrogen-bond acceptors (Lipinski definition) is 5. The number of hydrogen-bond donors (Lipinski definition) is 2. The number of ether oxygens (including phenoxy) is 3. The molecule has 0 atom stereocenters. The van der Waals surface area contributed by atoms with Gasteiger partial charge >= 0.3 is 6.03 Å². The van der Waals surface area contributed by atoms with Crippen LogP contribution < -0.4 is 24.8 Å². The second-order valence-corrected chi connectivity index (χ2v) is 7.27. The van der Waals surface area contributed by atoms with Gasteiger partial charge in [0.2, 0.25) is 12.7 Å². The molecule has 1 heterocycles. The summed E-state index contributed by atoms with van der Waals surface area (Å²) in [4.78, 5) is 25.9. The number of urea groups is 1. The van der Waals surface area contributed by atoms with E-state index in [-0.39, 0.29) is 31.9 Å². The van der Waals surface area contributed by atoms with Crippen LogP contribution in [0.1, 0.15) is 16.7 Å². The van der Waals surface area contributed by atoms with Crippen molar-refractivity contribution in [3.8, 4) is 17.2 Å².